The molecule has 0 saturated heterocycles. The van der Waals surface area contributed by atoms with Crippen LogP contribution in [0.25, 0.3) is 0 Å². The monoisotopic (exact) mass is 688 g/mol. The third kappa shape index (κ3) is 22.3. The van der Waals surface area contributed by atoms with Crippen molar-refractivity contribution in [1.82, 2.24) is 0 Å². The van der Waals surface area contributed by atoms with Gasteiger partial charge in [-0.3, -0.25) is 4.79 Å². The predicted molar refractivity (Wildman–Crippen MR) is 164 cm³/mol. The molecule has 1 aromatic carbocycles. The van der Waals surface area contributed by atoms with E-state index in [1.54, 1.807) is 0 Å². The molecule has 0 unspecified atom stereocenters. The second kappa shape index (κ2) is 30.1. The van der Waals surface area contributed by atoms with Gasteiger partial charge in [0.05, 0.1) is 92.3 Å². The van der Waals surface area contributed by atoms with Gasteiger partial charge in [0.1, 0.15) is 0 Å². The molecule has 0 amide bonds. The molecule has 47 heavy (non-hydrogen) atoms. The van der Waals surface area contributed by atoms with Crippen LogP contribution in [-0.2, 0) is 38.0 Å². The molecule has 0 heterocycles. The van der Waals surface area contributed by atoms with E-state index in [0.29, 0.717) is 66.1 Å². The largest absolute Gasteiger partial charge is 0.420 e. The molecule has 0 saturated carbocycles. The van der Waals surface area contributed by atoms with E-state index in [4.69, 9.17) is 33.2 Å². The van der Waals surface area contributed by atoms with Crippen molar-refractivity contribution in [2.75, 3.05) is 92.5 Å². The Balaban J connectivity index is 1.76. The van der Waals surface area contributed by atoms with E-state index in [1.807, 2.05) is 0 Å². The van der Waals surface area contributed by atoms with E-state index >= 15 is 0 Å². The third-order valence-corrected chi connectivity index (χ3v) is 6.71. The van der Waals surface area contributed by atoms with Crippen molar-refractivity contribution in [2.45, 2.75) is 77.6 Å². The zero-order valence-corrected chi connectivity index (χ0v) is 27.7. The molecule has 0 radical (unpaired) electrons. The first-order valence-electron chi connectivity index (χ1n) is 16.7. The van der Waals surface area contributed by atoms with Gasteiger partial charge in [-0.05, 0) is 6.42 Å². The standard InChI is InChI=1S/C33H53F5O9/c1-2-3-4-5-6-7-8-9-10-11-13-40-15-17-42-19-21-44-23-25-46-26-24-45-22-20-43-18-16-41-14-12-27(39)47-33-31(37)29(35)28(34)30(36)32(33)38/h2-26H2,1H3. The van der Waals surface area contributed by atoms with Crippen LogP contribution in [0.3, 0.4) is 0 Å². The van der Waals surface area contributed by atoms with Crippen LogP contribution < -0.4 is 4.74 Å². The molecule has 0 aliphatic heterocycles. The summed E-state index contributed by atoms with van der Waals surface area (Å²) in [6.07, 6.45) is 12.6. The average Bonchev–Trinajstić information content (AvgIpc) is 3.07. The second-order valence-corrected chi connectivity index (χ2v) is 10.6. The molecule has 0 N–H and O–H groups in total. The van der Waals surface area contributed by atoms with Gasteiger partial charge in [-0.25, -0.2) is 13.2 Å². The lowest BCUT2D eigenvalue weighted by Gasteiger charge is -2.09. The van der Waals surface area contributed by atoms with E-state index in [1.165, 1.54) is 57.8 Å². The van der Waals surface area contributed by atoms with Crippen molar-refractivity contribution >= 4 is 5.97 Å². The normalized spacial score (nSPS) is 11.4. The molecule has 0 aliphatic rings. The quantitative estimate of drug-likeness (QED) is 0.0200. The van der Waals surface area contributed by atoms with Crippen molar-refractivity contribution in [2.24, 2.45) is 0 Å². The first-order valence-corrected chi connectivity index (χ1v) is 16.7. The Labute approximate surface area is 275 Å². The summed E-state index contributed by atoms with van der Waals surface area (Å²) in [5, 5.41) is 0. The number of carbonyl (C=O) groups excluding carboxylic acids is 1. The van der Waals surface area contributed by atoms with Crippen LogP contribution in [0.5, 0.6) is 5.75 Å². The molecule has 0 fully saturated rings. The first-order chi connectivity index (χ1) is 22.9. The minimum absolute atomic E-state index is 0.0944. The van der Waals surface area contributed by atoms with Crippen molar-refractivity contribution < 1.29 is 64.6 Å². The molecule has 9 nitrogen and oxygen atoms in total. The van der Waals surface area contributed by atoms with E-state index in [2.05, 4.69) is 11.7 Å². The van der Waals surface area contributed by atoms with Crippen LogP contribution >= 0.6 is 0 Å². The highest BCUT2D eigenvalue weighted by atomic mass is 19.2. The Hall–Kier alpha value is -1.94. The average molecular weight is 689 g/mol. The van der Waals surface area contributed by atoms with E-state index in [9.17, 15) is 26.7 Å². The molecule has 1 rings (SSSR count). The maximum absolute atomic E-state index is 13.5. The molecule has 0 aliphatic carbocycles. The van der Waals surface area contributed by atoms with Crippen molar-refractivity contribution in [1.29, 1.82) is 0 Å². The van der Waals surface area contributed by atoms with Gasteiger partial charge in [0.25, 0.3) is 0 Å². The van der Waals surface area contributed by atoms with Gasteiger partial charge in [-0.1, -0.05) is 64.7 Å². The number of rotatable bonds is 33. The molecule has 0 spiro atoms. The van der Waals surface area contributed by atoms with E-state index < -0.39 is 47.2 Å². The Kier molecular flexibility index (Phi) is 27.6. The summed E-state index contributed by atoms with van der Waals surface area (Å²) in [6.45, 7) is 7.55. The SMILES string of the molecule is CCCCCCCCCCCCOCCOCCOCCOCCOCCOCCOCCC(=O)Oc1c(F)c(F)c(F)c(F)c1F. The summed E-state index contributed by atoms with van der Waals surface area (Å²) in [5.74, 6) is -14.1. The Bertz CT molecular complexity index is 898. The second-order valence-electron chi connectivity index (χ2n) is 10.6. The molecular weight excluding hydrogens is 635 g/mol. The lowest BCUT2D eigenvalue weighted by atomic mass is 10.1. The van der Waals surface area contributed by atoms with Gasteiger partial charge in [-0.15, -0.1) is 0 Å². The van der Waals surface area contributed by atoms with Gasteiger partial charge in [0.2, 0.25) is 34.8 Å². The topological polar surface area (TPSA) is 90.9 Å². The van der Waals surface area contributed by atoms with E-state index in [-0.39, 0.29) is 19.8 Å². The molecule has 274 valence electrons. The van der Waals surface area contributed by atoms with Crippen LogP contribution in [0.2, 0.25) is 0 Å². The fourth-order valence-corrected chi connectivity index (χ4v) is 4.11. The van der Waals surface area contributed by atoms with Crippen molar-refractivity contribution in [3.05, 3.63) is 29.1 Å². The van der Waals surface area contributed by atoms with Gasteiger partial charge >= 0.3 is 5.97 Å². The maximum atomic E-state index is 13.5. The minimum Gasteiger partial charge on any atom is -0.420 e. The lowest BCUT2D eigenvalue weighted by molar-refractivity contribution is -0.136. The summed E-state index contributed by atoms with van der Waals surface area (Å²) in [4.78, 5) is 11.6. The highest BCUT2D eigenvalue weighted by Crippen LogP contribution is 2.29. The van der Waals surface area contributed by atoms with Crippen LogP contribution in [0.4, 0.5) is 22.0 Å². The molecule has 0 aromatic heterocycles. The molecule has 14 heteroatoms. The van der Waals surface area contributed by atoms with Crippen molar-refractivity contribution in [3.63, 3.8) is 0 Å². The fraction of sp³-hybridized carbons (Fsp3) is 0.788. The molecular formula is C33H53F5O9. The molecule has 0 atom stereocenters. The molecule has 0 bridgehead atoms. The van der Waals surface area contributed by atoms with Gasteiger partial charge < -0.3 is 37.9 Å². The summed E-state index contributed by atoms with van der Waals surface area (Å²) < 4.78 is 108. The Morgan fingerprint density at radius 3 is 1.09 bits per heavy atom. The summed E-state index contributed by atoms with van der Waals surface area (Å²) in [5.41, 5.74) is 0. The minimum atomic E-state index is -2.34. The van der Waals surface area contributed by atoms with Crippen LogP contribution in [0.1, 0.15) is 77.6 Å². The smallest absolute Gasteiger partial charge is 0.313 e. The Morgan fingerprint density at radius 1 is 0.404 bits per heavy atom. The summed E-state index contributed by atoms with van der Waals surface area (Å²) in [6, 6.07) is 0. The van der Waals surface area contributed by atoms with Gasteiger partial charge in [0.15, 0.2) is 0 Å². The number of benzene rings is 1. The number of unbranched alkanes of at least 4 members (excludes halogenated alkanes) is 9. The van der Waals surface area contributed by atoms with Crippen LogP contribution in [0, 0.1) is 29.1 Å². The first kappa shape index (κ1) is 43.1. The Morgan fingerprint density at radius 2 is 0.702 bits per heavy atom. The number of hydrogen-bond acceptors (Lipinski definition) is 9. The van der Waals surface area contributed by atoms with Gasteiger partial charge in [-0.2, -0.15) is 8.78 Å². The fourth-order valence-electron chi connectivity index (χ4n) is 4.11. The van der Waals surface area contributed by atoms with Crippen LogP contribution in [-0.4, -0.2) is 98.5 Å². The zero-order chi connectivity index (χ0) is 34.4. The highest BCUT2D eigenvalue weighted by molar-refractivity contribution is 5.72. The third-order valence-electron chi connectivity index (χ3n) is 6.71. The highest BCUT2D eigenvalue weighted by Gasteiger charge is 2.28. The van der Waals surface area contributed by atoms with E-state index in [0.717, 1.165) is 13.0 Å². The number of ether oxygens (including phenoxy) is 8. The van der Waals surface area contributed by atoms with Gasteiger partial charge in [0, 0.05) is 6.61 Å². The maximum Gasteiger partial charge on any atom is 0.313 e. The number of halogens is 5. The van der Waals surface area contributed by atoms with Crippen LogP contribution in [0.15, 0.2) is 0 Å². The molecule has 1 aromatic rings. The lowest BCUT2D eigenvalue weighted by Crippen LogP contribution is -2.16. The number of carbonyl (C=O) groups is 1. The zero-order valence-electron chi connectivity index (χ0n) is 27.7. The summed E-state index contributed by atoms with van der Waals surface area (Å²) >= 11 is 0. The summed E-state index contributed by atoms with van der Waals surface area (Å²) in [7, 11) is 0. The number of esters is 1. The number of hydrogen-bond donors (Lipinski definition) is 0. The predicted octanol–water partition coefficient (Wildman–Crippen LogP) is 6.71. The van der Waals surface area contributed by atoms with Crippen molar-refractivity contribution in [3.8, 4) is 5.75 Å².